The van der Waals surface area contributed by atoms with Crippen LogP contribution in [-0.4, -0.2) is 51.5 Å². The van der Waals surface area contributed by atoms with Crippen molar-refractivity contribution in [1.29, 1.82) is 0 Å². The Balaban J connectivity index is 1.36. The van der Waals surface area contributed by atoms with Crippen LogP contribution in [0.4, 0.5) is 0 Å². The maximum absolute atomic E-state index is 12.2. The maximum Gasteiger partial charge on any atom is 0.306 e. The molecule has 2 aromatic carbocycles. The van der Waals surface area contributed by atoms with Crippen molar-refractivity contribution in [2.75, 3.05) is 14.2 Å². The van der Waals surface area contributed by atoms with Crippen LogP contribution < -0.4 is 9.47 Å². The highest BCUT2D eigenvalue weighted by Gasteiger charge is 2.22. The SMILES string of the molecule is COc1ccc2c(c1)c(-c1csc(-c3cn(CCCCCC(=O)OC(C)(C)C)c4cc(OC)ccc34)n1)c(C)n2CCCCCC(=O)OC(C)(C)C. The summed E-state index contributed by atoms with van der Waals surface area (Å²) in [5.74, 6) is 1.34. The molecule has 0 aliphatic heterocycles. The molecule has 0 saturated heterocycles. The van der Waals surface area contributed by atoms with Gasteiger partial charge in [-0.3, -0.25) is 9.59 Å². The van der Waals surface area contributed by atoms with Crippen molar-refractivity contribution in [3.05, 3.63) is 53.7 Å². The predicted octanol–water partition coefficient (Wildman–Crippen LogP) is 10.5. The first-order chi connectivity index (χ1) is 24.7. The van der Waals surface area contributed by atoms with E-state index in [2.05, 4.69) is 51.9 Å². The van der Waals surface area contributed by atoms with Crippen LogP contribution in [-0.2, 0) is 32.2 Å². The summed E-state index contributed by atoms with van der Waals surface area (Å²) < 4.78 is 26.9. The Morgan fingerprint density at radius 3 is 1.94 bits per heavy atom. The number of thiazole rings is 1. The standard InChI is InChI=1S/C42H55N3O6S/c1-28-39(32-24-29(48-8)19-21-35(32)45(28)23-15-11-13-17-38(47)51-42(5,6)7)34-27-52-40(43-34)33-26-44(36-25-30(49-9)18-20-31(33)36)22-14-10-12-16-37(46)50-41(2,3)4/h18-21,24-27H,10-17,22-23H2,1-9H3. The molecule has 280 valence electrons. The van der Waals surface area contributed by atoms with Crippen LogP contribution in [0.15, 0.2) is 48.0 Å². The van der Waals surface area contributed by atoms with Crippen LogP contribution in [0.3, 0.4) is 0 Å². The van der Waals surface area contributed by atoms with E-state index in [-0.39, 0.29) is 11.9 Å². The van der Waals surface area contributed by atoms with Gasteiger partial charge in [0.2, 0.25) is 0 Å². The van der Waals surface area contributed by atoms with Gasteiger partial charge in [0.25, 0.3) is 0 Å². The molecule has 3 heterocycles. The Morgan fingerprint density at radius 2 is 1.33 bits per heavy atom. The summed E-state index contributed by atoms with van der Waals surface area (Å²) in [5.41, 5.74) is 5.63. The predicted molar refractivity (Wildman–Crippen MR) is 210 cm³/mol. The van der Waals surface area contributed by atoms with Crippen LogP contribution in [0, 0.1) is 6.92 Å². The first-order valence-corrected chi connectivity index (χ1v) is 19.3. The van der Waals surface area contributed by atoms with E-state index in [0.29, 0.717) is 12.8 Å². The van der Waals surface area contributed by atoms with Crippen LogP contribution in [0.25, 0.3) is 43.6 Å². The number of hydrogen-bond donors (Lipinski definition) is 0. The number of ether oxygens (including phenoxy) is 4. The number of methoxy groups -OCH3 is 2. The van der Waals surface area contributed by atoms with Crippen molar-refractivity contribution in [2.24, 2.45) is 0 Å². The normalized spacial score (nSPS) is 12.1. The minimum absolute atomic E-state index is 0.138. The monoisotopic (exact) mass is 729 g/mol. The van der Waals surface area contributed by atoms with E-state index in [4.69, 9.17) is 23.9 Å². The highest BCUT2D eigenvalue weighted by molar-refractivity contribution is 7.13. The zero-order valence-electron chi connectivity index (χ0n) is 32.4. The van der Waals surface area contributed by atoms with Crippen LogP contribution >= 0.6 is 11.3 Å². The van der Waals surface area contributed by atoms with Crippen LogP contribution in [0.2, 0.25) is 0 Å². The lowest BCUT2D eigenvalue weighted by atomic mass is 10.1. The summed E-state index contributed by atoms with van der Waals surface area (Å²) in [5, 5.41) is 5.35. The molecule has 0 N–H and O–H groups in total. The van der Waals surface area contributed by atoms with Gasteiger partial charge in [0.05, 0.1) is 25.4 Å². The van der Waals surface area contributed by atoms with Crippen LogP contribution in [0.5, 0.6) is 11.5 Å². The highest BCUT2D eigenvalue weighted by atomic mass is 32.1. The molecule has 0 fully saturated rings. The maximum atomic E-state index is 12.2. The number of carbonyl (C=O) groups is 2. The number of aryl methyl sites for hydroxylation is 2. The summed E-state index contributed by atoms with van der Waals surface area (Å²) >= 11 is 1.65. The fourth-order valence-corrected chi connectivity index (χ4v) is 7.53. The molecule has 3 aromatic heterocycles. The number of benzene rings is 2. The molecular weight excluding hydrogens is 675 g/mol. The molecule has 0 atom stereocenters. The van der Waals surface area contributed by atoms with Gasteiger partial charge >= 0.3 is 11.9 Å². The van der Waals surface area contributed by atoms with Gasteiger partial charge in [0.15, 0.2) is 0 Å². The van der Waals surface area contributed by atoms with Crippen LogP contribution in [0.1, 0.15) is 98.6 Å². The van der Waals surface area contributed by atoms with Gasteiger partial charge in [0, 0.05) is 76.7 Å². The summed E-state index contributed by atoms with van der Waals surface area (Å²) in [7, 11) is 3.39. The lowest BCUT2D eigenvalue weighted by Crippen LogP contribution is -2.23. The molecule has 5 rings (SSSR count). The van der Waals surface area contributed by atoms with Gasteiger partial charge in [-0.15, -0.1) is 11.3 Å². The van der Waals surface area contributed by atoms with Gasteiger partial charge in [-0.25, -0.2) is 4.98 Å². The molecule has 52 heavy (non-hydrogen) atoms. The summed E-state index contributed by atoms with van der Waals surface area (Å²) in [4.78, 5) is 29.7. The fourth-order valence-electron chi connectivity index (χ4n) is 6.70. The molecule has 0 unspecified atom stereocenters. The van der Waals surface area contributed by atoms with Gasteiger partial charge in [-0.1, -0.05) is 12.8 Å². The fraction of sp³-hybridized carbons (Fsp3) is 0.500. The number of hydrogen-bond acceptors (Lipinski definition) is 8. The lowest BCUT2D eigenvalue weighted by molar-refractivity contribution is -0.156. The number of fused-ring (bicyclic) bond motifs is 2. The van der Waals surface area contributed by atoms with Crippen molar-refractivity contribution < 1.29 is 28.5 Å². The van der Waals surface area contributed by atoms with E-state index in [0.717, 1.165) is 112 Å². The Morgan fingerprint density at radius 1 is 0.731 bits per heavy atom. The largest absolute Gasteiger partial charge is 0.497 e. The molecule has 9 nitrogen and oxygen atoms in total. The molecule has 0 radical (unpaired) electrons. The minimum atomic E-state index is -0.458. The Bertz CT molecular complexity index is 2010. The minimum Gasteiger partial charge on any atom is -0.497 e. The molecule has 0 spiro atoms. The van der Waals surface area contributed by atoms with E-state index in [1.54, 1.807) is 25.6 Å². The average Bonchev–Trinajstić information content (AvgIpc) is 3.76. The molecule has 0 amide bonds. The van der Waals surface area contributed by atoms with E-state index in [1.807, 2.05) is 53.7 Å². The summed E-state index contributed by atoms with van der Waals surface area (Å²) in [6.07, 6.45) is 8.42. The van der Waals surface area contributed by atoms with E-state index in [9.17, 15) is 9.59 Å². The first-order valence-electron chi connectivity index (χ1n) is 18.4. The Labute approximate surface area is 312 Å². The second-order valence-corrected chi connectivity index (χ2v) is 16.3. The van der Waals surface area contributed by atoms with Gasteiger partial charge in [-0.05, 0) is 104 Å². The number of esters is 2. The van der Waals surface area contributed by atoms with Crippen molar-refractivity contribution in [3.63, 3.8) is 0 Å². The van der Waals surface area contributed by atoms with E-state index < -0.39 is 11.2 Å². The number of rotatable bonds is 16. The van der Waals surface area contributed by atoms with Crippen molar-refractivity contribution in [1.82, 2.24) is 14.1 Å². The summed E-state index contributed by atoms with van der Waals surface area (Å²) in [6, 6.07) is 12.5. The average molecular weight is 730 g/mol. The number of unbranched alkanes of at least 4 members (excludes halogenated alkanes) is 4. The van der Waals surface area contributed by atoms with Gasteiger partial charge < -0.3 is 28.1 Å². The molecule has 0 aliphatic carbocycles. The van der Waals surface area contributed by atoms with E-state index >= 15 is 0 Å². The molecule has 0 saturated carbocycles. The Kier molecular flexibility index (Phi) is 12.4. The molecule has 5 aromatic rings. The van der Waals surface area contributed by atoms with Crippen molar-refractivity contribution in [2.45, 2.75) is 124 Å². The topological polar surface area (TPSA) is 93.8 Å². The number of nitrogens with zero attached hydrogens (tertiary/aromatic N) is 3. The molecule has 0 aliphatic rings. The Hall–Kier alpha value is -4.31. The zero-order chi connectivity index (χ0) is 37.6. The quantitative estimate of drug-likeness (QED) is 0.0737. The van der Waals surface area contributed by atoms with E-state index in [1.165, 1.54) is 0 Å². The van der Waals surface area contributed by atoms with Gasteiger partial charge in [-0.2, -0.15) is 0 Å². The number of carbonyl (C=O) groups excluding carboxylic acids is 2. The number of aromatic nitrogens is 3. The zero-order valence-corrected chi connectivity index (χ0v) is 33.2. The molecular formula is C42H55N3O6S. The smallest absolute Gasteiger partial charge is 0.306 e. The van der Waals surface area contributed by atoms with Crippen molar-refractivity contribution in [3.8, 4) is 33.3 Å². The second-order valence-electron chi connectivity index (χ2n) is 15.4. The second kappa shape index (κ2) is 16.6. The third-order valence-corrected chi connectivity index (χ3v) is 9.87. The van der Waals surface area contributed by atoms with Gasteiger partial charge in [0.1, 0.15) is 27.7 Å². The molecule has 0 bridgehead atoms. The van der Waals surface area contributed by atoms with Crippen molar-refractivity contribution >= 4 is 45.1 Å². The third-order valence-electron chi connectivity index (χ3n) is 8.99. The summed E-state index contributed by atoms with van der Waals surface area (Å²) in [6.45, 7) is 15.2. The lowest BCUT2D eigenvalue weighted by Gasteiger charge is -2.19. The highest BCUT2D eigenvalue weighted by Crippen LogP contribution is 2.41. The third kappa shape index (κ3) is 9.76. The first kappa shape index (κ1) is 38.9. The molecule has 10 heteroatoms.